The van der Waals surface area contributed by atoms with Crippen LogP contribution in [0.25, 0.3) is 0 Å². The van der Waals surface area contributed by atoms with Gasteiger partial charge in [0.05, 0.1) is 17.8 Å². The molecule has 0 fully saturated rings. The lowest BCUT2D eigenvalue weighted by Gasteiger charge is -2.03. The molecule has 8 heteroatoms. The zero-order valence-electron chi connectivity index (χ0n) is 9.42. The average molecular weight is 271 g/mol. The second-order valence-corrected chi connectivity index (χ2v) is 3.74. The van der Waals surface area contributed by atoms with E-state index in [0.29, 0.717) is 5.69 Å². The van der Waals surface area contributed by atoms with Gasteiger partial charge in [-0.05, 0) is 18.2 Å². The average Bonchev–Trinajstić information content (AvgIpc) is 2.78. The normalized spacial score (nSPS) is 11.5. The van der Waals surface area contributed by atoms with Crippen molar-refractivity contribution in [2.45, 2.75) is 12.7 Å². The van der Waals surface area contributed by atoms with E-state index in [2.05, 4.69) is 10.1 Å². The summed E-state index contributed by atoms with van der Waals surface area (Å²) in [5.74, 6) is -1.11. The van der Waals surface area contributed by atoms with Crippen molar-refractivity contribution in [1.29, 1.82) is 0 Å². The highest BCUT2D eigenvalue weighted by atomic mass is 19.4. The first-order chi connectivity index (χ1) is 8.86. The number of hydrogen-bond acceptors (Lipinski definition) is 3. The highest BCUT2D eigenvalue weighted by Crippen LogP contribution is 2.27. The van der Waals surface area contributed by atoms with Gasteiger partial charge >= 0.3 is 12.1 Å². The van der Waals surface area contributed by atoms with Crippen LogP contribution in [0.1, 0.15) is 21.7 Å². The minimum absolute atomic E-state index is 0.0141. The molecule has 100 valence electrons. The Balaban J connectivity index is 2.13. The fourth-order valence-electron chi connectivity index (χ4n) is 1.41. The van der Waals surface area contributed by atoms with Gasteiger partial charge in [0.25, 0.3) is 0 Å². The third-order valence-corrected chi connectivity index (χ3v) is 2.33. The molecule has 0 unspecified atom stereocenters. The molecule has 0 saturated heterocycles. The fraction of sp³-hybridized carbons (Fsp3) is 0.182. The summed E-state index contributed by atoms with van der Waals surface area (Å²) in [6.45, 7) is 0.0377. The Morgan fingerprint density at radius 3 is 2.53 bits per heavy atom. The largest absolute Gasteiger partial charge is 0.478 e. The molecule has 0 spiro atoms. The maximum atomic E-state index is 12.3. The van der Waals surface area contributed by atoms with Crippen LogP contribution in [0, 0.1) is 0 Å². The summed E-state index contributed by atoms with van der Waals surface area (Å²) in [6, 6.07) is 3.63. The number of halogens is 3. The van der Waals surface area contributed by atoms with Crippen molar-refractivity contribution >= 4 is 5.97 Å². The number of rotatable bonds is 3. The zero-order chi connectivity index (χ0) is 14.0. The number of alkyl halides is 3. The van der Waals surface area contributed by atoms with Gasteiger partial charge in [-0.25, -0.2) is 4.79 Å². The van der Waals surface area contributed by atoms with E-state index in [1.54, 1.807) is 0 Å². The van der Waals surface area contributed by atoms with Crippen molar-refractivity contribution < 1.29 is 23.1 Å². The van der Waals surface area contributed by atoms with Crippen LogP contribution < -0.4 is 0 Å². The van der Waals surface area contributed by atoms with Gasteiger partial charge in [0.1, 0.15) is 0 Å². The fourth-order valence-corrected chi connectivity index (χ4v) is 1.41. The van der Waals surface area contributed by atoms with Crippen molar-refractivity contribution in [3.63, 3.8) is 0 Å². The molecule has 0 bridgehead atoms. The van der Waals surface area contributed by atoms with Crippen LogP contribution >= 0.6 is 0 Å². The predicted octanol–water partition coefficient (Wildman–Crippen LogP) is 2.04. The standard InChI is InChI=1S/C11H8F3N3O2/c12-11(13,14)9-3-4-17(16-9)6-8-2-1-7(5-15-8)10(18)19/h1-5H,6H2,(H,18,19). The quantitative estimate of drug-likeness (QED) is 0.927. The van der Waals surface area contributed by atoms with E-state index in [1.165, 1.54) is 18.3 Å². The molecule has 0 aliphatic heterocycles. The summed E-state index contributed by atoms with van der Waals surface area (Å²) in [5, 5.41) is 12.0. The highest BCUT2D eigenvalue weighted by Gasteiger charge is 2.33. The van der Waals surface area contributed by atoms with E-state index in [9.17, 15) is 18.0 Å². The first-order valence-electron chi connectivity index (χ1n) is 5.15. The molecule has 0 aromatic carbocycles. The van der Waals surface area contributed by atoms with Gasteiger partial charge in [-0.3, -0.25) is 9.67 Å². The van der Waals surface area contributed by atoms with Crippen LogP contribution in [0.5, 0.6) is 0 Å². The van der Waals surface area contributed by atoms with Gasteiger partial charge in [0.2, 0.25) is 0 Å². The molecule has 2 aromatic rings. The Morgan fingerprint density at radius 1 is 1.32 bits per heavy atom. The zero-order valence-corrected chi connectivity index (χ0v) is 9.42. The van der Waals surface area contributed by atoms with Crippen LogP contribution in [0.2, 0.25) is 0 Å². The number of carboxylic acids is 1. The third kappa shape index (κ3) is 3.09. The van der Waals surface area contributed by atoms with Crippen molar-refractivity contribution in [1.82, 2.24) is 14.8 Å². The molecule has 2 heterocycles. The second kappa shape index (κ2) is 4.71. The highest BCUT2D eigenvalue weighted by molar-refractivity contribution is 5.87. The van der Waals surface area contributed by atoms with Gasteiger partial charge in [0.15, 0.2) is 5.69 Å². The third-order valence-electron chi connectivity index (χ3n) is 2.33. The molecular weight excluding hydrogens is 263 g/mol. The van der Waals surface area contributed by atoms with Gasteiger partial charge in [-0.15, -0.1) is 0 Å². The van der Waals surface area contributed by atoms with Gasteiger partial charge < -0.3 is 5.11 Å². The molecule has 5 nitrogen and oxygen atoms in total. The van der Waals surface area contributed by atoms with Crippen LogP contribution in [-0.2, 0) is 12.7 Å². The monoisotopic (exact) mass is 271 g/mol. The number of carbonyl (C=O) groups is 1. The molecule has 1 N–H and O–H groups in total. The van der Waals surface area contributed by atoms with Gasteiger partial charge in [-0.1, -0.05) is 0 Å². The van der Waals surface area contributed by atoms with Crippen molar-refractivity contribution in [2.24, 2.45) is 0 Å². The number of aromatic nitrogens is 3. The Labute approximate surface area is 105 Å². The van der Waals surface area contributed by atoms with E-state index in [1.807, 2.05) is 0 Å². The van der Waals surface area contributed by atoms with E-state index < -0.39 is 17.8 Å². The lowest BCUT2D eigenvalue weighted by atomic mass is 10.2. The second-order valence-electron chi connectivity index (χ2n) is 3.74. The number of nitrogens with zero attached hydrogens (tertiary/aromatic N) is 3. The molecular formula is C11H8F3N3O2. The number of aromatic carboxylic acids is 1. The van der Waals surface area contributed by atoms with Crippen LogP contribution in [-0.4, -0.2) is 25.8 Å². The molecule has 2 rings (SSSR count). The maximum absolute atomic E-state index is 12.3. The first-order valence-corrected chi connectivity index (χ1v) is 5.15. The molecule has 2 aromatic heterocycles. The maximum Gasteiger partial charge on any atom is 0.435 e. The number of hydrogen-bond donors (Lipinski definition) is 1. The minimum atomic E-state index is -4.48. The molecule has 0 saturated carbocycles. The summed E-state index contributed by atoms with van der Waals surface area (Å²) in [6.07, 6.45) is -2.15. The molecule has 0 amide bonds. The van der Waals surface area contributed by atoms with E-state index in [0.717, 1.165) is 16.9 Å². The summed E-state index contributed by atoms with van der Waals surface area (Å²) < 4.78 is 38.1. The Morgan fingerprint density at radius 2 is 2.05 bits per heavy atom. The Hall–Kier alpha value is -2.38. The molecule has 0 aliphatic carbocycles. The van der Waals surface area contributed by atoms with Gasteiger partial charge in [-0.2, -0.15) is 18.3 Å². The SMILES string of the molecule is O=C(O)c1ccc(Cn2ccc(C(F)(F)F)n2)nc1. The molecule has 19 heavy (non-hydrogen) atoms. The predicted molar refractivity (Wildman–Crippen MR) is 57.5 cm³/mol. The lowest BCUT2D eigenvalue weighted by molar-refractivity contribution is -0.141. The van der Waals surface area contributed by atoms with Crippen LogP contribution in [0.4, 0.5) is 13.2 Å². The van der Waals surface area contributed by atoms with Crippen molar-refractivity contribution in [2.75, 3.05) is 0 Å². The Bertz CT molecular complexity index is 590. The van der Waals surface area contributed by atoms with Crippen LogP contribution in [0.3, 0.4) is 0 Å². The van der Waals surface area contributed by atoms with E-state index >= 15 is 0 Å². The summed E-state index contributed by atoms with van der Waals surface area (Å²) in [5.41, 5.74) is -0.545. The number of carboxylic acid groups (broad SMARTS) is 1. The van der Waals surface area contributed by atoms with E-state index in [4.69, 9.17) is 5.11 Å². The molecule has 0 radical (unpaired) electrons. The minimum Gasteiger partial charge on any atom is -0.478 e. The Kier molecular flexibility index (Phi) is 3.24. The topological polar surface area (TPSA) is 68.0 Å². The smallest absolute Gasteiger partial charge is 0.435 e. The summed E-state index contributed by atoms with van der Waals surface area (Å²) in [7, 11) is 0. The van der Waals surface area contributed by atoms with Crippen LogP contribution in [0.15, 0.2) is 30.6 Å². The van der Waals surface area contributed by atoms with Crippen molar-refractivity contribution in [3.8, 4) is 0 Å². The lowest BCUT2D eigenvalue weighted by Crippen LogP contribution is -2.09. The first kappa shape index (κ1) is 13.1. The summed E-state index contributed by atoms with van der Waals surface area (Å²) >= 11 is 0. The van der Waals surface area contributed by atoms with E-state index in [-0.39, 0.29) is 12.1 Å². The van der Waals surface area contributed by atoms with Crippen molar-refractivity contribution in [3.05, 3.63) is 47.5 Å². The molecule has 0 aliphatic rings. The molecule has 0 atom stereocenters. The summed E-state index contributed by atoms with van der Waals surface area (Å²) in [4.78, 5) is 14.4. The van der Waals surface area contributed by atoms with Gasteiger partial charge in [0, 0.05) is 12.4 Å². The number of pyridine rings is 1.